The van der Waals surface area contributed by atoms with E-state index in [1.165, 1.54) is 25.0 Å². The van der Waals surface area contributed by atoms with Crippen molar-refractivity contribution in [2.75, 3.05) is 13.6 Å². The van der Waals surface area contributed by atoms with Crippen molar-refractivity contribution in [3.8, 4) is 0 Å². The van der Waals surface area contributed by atoms with Crippen molar-refractivity contribution in [3.05, 3.63) is 35.4 Å². The minimum absolute atomic E-state index is 0.0545. The fourth-order valence-electron chi connectivity index (χ4n) is 2.86. The minimum Gasteiger partial charge on any atom is -0.319 e. The van der Waals surface area contributed by atoms with Crippen LogP contribution in [-0.4, -0.2) is 13.6 Å². The molecule has 0 aromatic heterocycles. The van der Waals surface area contributed by atoms with Gasteiger partial charge < -0.3 is 5.32 Å². The molecule has 1 aromatic carbocycles. The van der Waals surface area contributed by atoms with Gasteiger partial charge in [0, 0.05) is 6.54 Å². The molecule has 106 valence electrons. The van der Waals surface area contributed by atoms with Crippen molar-refractivity contribution < 1.29 is 13.2 Å². The molecule has 1 N–H and O–H groups in total. The van der Waals surface area contributed by atoms with Gasteiger partial charge >= 0.3 is 6.18 Å². The lowest BCUT2D eigenvalue weighted by atomic mass is 9.78. The van der Waals surface area contributed by atoms with E-state index in [9.17, 15) is 13.2 Å². The van der Waals surface area contributed by atoms with E-state index in [-0.39, 0.29) is 5.41 Å². The number of hydrogen-bond donors (Lipinski definition) is 1. The molecule has 0 heterocycles. The Morgan fingerprint density at radius 1 is 1.26 bits per heavy atom. The van der Waals surface area contributed by atoms with Gasteiger partial charge in [0.25, 0.3) is 0 Å². The lowest BCUT2D eigenvalue weighted by molar-refractivity contribution is -0.137. The van der Waals surface area contributed by atoms with E-state index in [0.717, 1.165) is 18.2 Å². The quantitative estimate of drug-likeness (QED) is 0.857. The van der Waals surface area contributed by atoms with Crippen molar-refractivity contribution in [2.24, 2.45) is 11.3 Å². The molecule has 0 bridgehead atoms. The smallest absolute Gasteiger partial charge is 0.319 e. The molecule has 1 nitrogen and oxygen atoms in total. The Kier molecular flexibility index (Phi) is 3.90. The zero-order valence-corrected chi connectivity index (χ0v) is 11.3. The molecule has 2 rings (SSSR count). The van der Waals surface area contributed by atoms with Gasteiger partial charge in [-0.05, 0) is 49.3 Å². The fraction of sp³-hybridized carbons (Fsp3) is 0.600. The minimum atomic E-state index is -4.25. The first-order chi connectivity index (χ1) is 8.85. The van der Waals surface area contributed by atoms with E-state index in [0.29, 0.717) is 12.3 Å². The van der Waals surface area contributed by atoms with Crippen molar-refractivity contribution in [1.82, 2.24) is 5.32 Å². The zero-order chi connectivity index (χ0) is 14.1. The summed E-state index contributed by atoms with van der Waals surface area (Å²) in [6.07, 6.45) is -1.17. The average molecular weight is 271 g/mol. The fourth-order valence-corrected chi connectivity index (χ4v) is 2.86. The number of nitrogens with one attached hydrogen (secondary N) is 1. The molecular formula is C15H20F3N. The van der Waals surface area contributed by atoms with Crippen molar-refractivity contribution in [3.63, 3.8) is 0 Å². The summed E-state index contributed by atoms with van der Waals surface area (Å²) in [4.78, 5) is 0. The van der Waals surface area contributed by atoms with Gasteiger partial charge in [0.2, 0.25) is 0 Å². The second-order valence-corrected chi connectivity index (χ2v) is 5.83. The normalized spacial score (nSPS) is 19.2. The predicted molar refractivity (Wildman–Crippen MR) is 69.9 cm³/mol. The molecule has 1 aliphatic rings. The van der Waals surface area contributed by atoms with E-state index in [2.05, 4.69) is 12.2 Å². The molecule has 1 unspecified atom stereocenters. The van der Waals surface area contributed by atoms with Crippen LogP contribution in [0.15, 0.2) is 24.3 Å². The average Bonchev–Trinajstić information content (AvgIpc) is 3.12. The van der Waals surface area contributed by atoms with Crippen LogP contribution < -0.4 is 5.32 Å². The van der Waals surface area contributed by atoms with Crippen molar-refractivity contribution in [1.29, 1.82) is 0 Å². The van der Waals surface area contributed by atoms with E-state index in [4.69, 9.17) is 0 Å². The molecule has 1 atom stereocenters. The highest BCUT2D eigenvalue weighted by Gasteiger charge is 2.41. The third-order valence-corrected chi connectivity index (χ3v) is 4.01. The Balaban J connectivity index is 2.17. The molecule has 0 saturated heterocycles. The van der Waals surface area contributed by atoms with Crippen LogP contribution in [0.3, 0.4) is 0 Å². The van der Waals surface area contributed by atoms with E-state index in [1.54, 1.807) is 6.07 Å². The summed E-state index contributed by atoms with van der Waals surface area (Å²) >= 11 is 0. The summed E-state index contributed by atoms with van der Waals surface area (Å²) in [5.41, 5.74) is 0.283. The molecule has 1 aliphatic carbocycles. The first-order valence-corrected chi connectivity index (χ1v) is 6.66. The first kappa shape index (κ1) is 14.4. The van der Waals surface area contributed by atoms with Crippen LogP contribution in [0.25, 0.3) is 0 Å². The predicted octanol–water partition coefficient (Wildman–Crippen LogP) is 3.88. The highest BCUT2D eigenvalue weighted by Crippen LogP contribution is 2.47. The standard InChI is InChI=1S/C15H20F3N/c1-14(10-19-2,12-6-7-12)9-11-4-3-5-13(8-11)15(16,17)18/h3-5,8,12,19H,6-7,9-10H2,1-2H3. The van der Waals surface area contributed by atoms with Crippen molar-refractivity contribution in [2.45, 2.75) is 32.4 Å². The van der Waals surface area contributed by atoms with Crippen LogP contribution in [0.4, 0.5) is 13.2 Å². The summed E-state index contributed by atoms with van der Waals surface area (Å²) in [6.45, 7) is 3.01. The number of halogens is 3. The van der Waals surface area contributed by atoms with Gasteiger partial charge in [-0.25, -0.2) is 0 Å². The molecule has 1 fully saturated rings. The third kappa shape index (κ3) is 3.50. The van der Waals surface area contributed by atoms with E-state index in [1.807, 2.05) is 7.05 Å². The largest absolute Gasteiger partial charge is 0.416 e. The van der Waals surface area contributed by atoms with Gasteiger partial charge in [0.1, 0.15) is 0 Å². The molecule has 0 radical (unpaired) electrons. The van der Waals surface area contributed by atoms with Gasteiger partial charge in [-0.1, -0.05) is 25.1 Å². The van der Waals surface area contributed by atoms with Gasteiger partial charge in [-0.2, -0.15) is 13.2 Å². The molecule has 1 aromatic rings. The second-order valence-electron chi connectivity index (χ2n) is 5.83. The topological polar surface area (TPSA) is 12.0 Å². The molecule has 0 aliphatic heterocycles. The molecular weight excluding hydrogens is 251 g/mol. The first-order valence-electron chi connectivity index (χ1n) is 6.66. The van der Waals surface area contributed by atoms with Crippen LogP contribution in [0.1, 0.15) is 30.9 Å². The van der Waals surface area contributed by atoms with Crippen LogP contribution in [-0.2, 0) is 12.6 Å². The molecule has 19 heavy (non-hydrogen) atoms. The lowest BCUT2D eigenvalue weighted by Crippen LogP contribution is -2.33. The Hall–Kier alpha value is -1.03. The van der Waals surface area contributed by atoms with Gasteiger partial charge in [0.15, 0.2) is 0 Å². The number of hydrogen-bond acceptors (Lipinski definition) is 1. The second kappa shape index (κ2) is 5.16. The third-order valence-electron chi connectivity index (χ3n) is 4.01. The van der Waals surface area contributed by atoms with Gasteiger partial charge in [0.05, 0.1) is 5.56 Å². The Labute approximate surface area is 112 Å². The Morgan fingerprint density at radius 3 is 2.47 bits per heavy atom. The Bertz CT molecular complexity index is 437. The molecule has 1 saturated carbocycles. The summed E-state index contributed by atoms with van der Waals surface area (Å²) in [7, 11) is 1.90. The van der Waals surface area contributed by atoms with E-state index >= 15 is 0 Å². The summed E-state index contributed by atoms with van der Waals surface area (Å²) in [5.74, 6) is 0.634. The number of rotatable bonds is 5. The zero-order valence-electron chi connectivity index (χ0n) is 11.3. The molecule has 4 heteroatoms. The maximum atomic E-state index is 12.7. The summed E-state index contributed by atoms with van der Waals surface area (Å²) in [5, 5.41) is 3.17. The monoisotopic (exact) mass is 271 g/mol. The SMILES string of the molecule is CNCC(C)(Cc1cccc(C(F)(F)F)c1)C1CC1. The number of benzene rings is 1. The van der Waals surface area contributed by atoms with E-state index < -0.39 is 11.7 Å². The highest BCUT2D eigenvalue weighted by molar-refractivity contribution is 5.27. The van der Waals surface area contributed by atoms with Gasteiger partial charge in [-0.3, -0.25) is 0 Å². The maximum absolute atomic E-state index is 12.7. The Morgan fingerprint density at radius 2 is 1.95 bits per heavy atom. The van der Waals surface area contributed by atoms with Crippen LogP contribution in [0, 0.1) is 11.3 Å². The maximum Gasteiger partial charge on any atom is 0.416 e. The number of alkyl halides is 3. The summed E-state index contributed by atoms with van der Waals surface area (Å²) in [6, 6.07) is 5.72. The van der Waals surface area contributed by atoms with Crippen LogP contribution in [0.2, 0.25) is 0 Å². The van der Waals surface area contributed by atoms with Crippen LogP contribution in [0.5, 0.6) is 0 Å². The molecule has 0 amide bonds. The lowest BCUT2D eigenvalue weighted by Gasteiger charge is -2.30. The molecule has 0 spiro atoms. The van der Waals surface area contributed by atoms with Crippen LogP contribution >= 0.6 is 0 Å². The van der Waals surface area contributed by atoms with Crippen molar-refractivity contribution >= 4 is 0 Å². The summed E-state index contributed by atoms with van der Waals surface area (Å²) < 4.78 is 38.1. The highest BCUT2D eigenvalue weighted by atomic mass is 19.4. The van der Waals surface area contributed by atoms with Gasteiger partial charge in [-0.15, -0.1) is 0 Å².